The minimum Gasteiger partial charge on any atom is -0.351 e. The van der Waals surface area contributed by atoms with Gasteiger partial charge in [0, 0.05) is 12.1 Å². The van der Waals surface area contributed by atoms with E-state index < -0.39 is 0 Å². The zero-order valence-electron chi connectivity index (χ0n) is 10.4. The Balaban J connectivity index is 2.47. The largest absolute Gasteiger partial charge is 0.351 e. The van der Waals surface area contributed by atoms with E-state index >= 15 is 0 Å². The Bertz CT molecular complexity index is 226. The van der Waals surface area contributed by atoms with Crippen molar-refractivity contribution in [3.05, 3.63) is 0 Å². The van der Waals surface area contributed by atoms with Gasteiger partial charge >= 0.3 is 0 Å². The monoisotopic (exact) mass is 212 g/mol. The summed E-state index contributed by atoms with van der Waals surface area (Å²) in [5.74, 6) is 0.828. The Morgan fingerprint density at radius 3 is 2.60 bits per heavy atom. The normalized spacial score (nSPS) is 26.7. The van der Waals surface area contributed by atoms with Crippen molar-refractivity contribution in [2.45, 2.75) is 46.1 Å². The van der Waals surface area contributed by atoms with Gasteiger partial charge in [0.05, 0.1) is 5.92 Å². The maximum absolute atomic E-state index is 12.0. The Kier molecular flexibility index (Phi) is 4.14. The van der Waals surface area contributed by atoms with E-state index in [-0.39, 0.29) is 17.4 Å². The van der Waals surface area contributed by atoms with Crippen LogP contribution in [0.5, 0.6) is 0 Å². The minimum atomic E-state index is -0.0614. The maximum atomic E-state index is 12.0. The average Bonchev–Trinajstić information content (AvgIpc) is 2.50. The first kappa shape index (κ1) is 12.5. The van der Waals surface area contributed by atoms with Crippen molar-refractivity contribution in [2.24, 2.45) is 11.8 Å². The van der Waals surface area contributed by atoms with Gasteiger partial charge in [-0.05, 0) is 32.7 Å². The van der Waals surface area contributed by atoms with E-state index in [1.807, 2.05) is 0 Å². The highest BCUT2D eigenvalue weighted by atomic mass is 16.2. The molecule has 0 aliphatic carbocycles. The lowest BCUT2D eigenvalue weighted by Gasteiger charge is -2.28. The van der Waals surface area contributed by atoms with E-state index in [0.717, 1.165) is 25.9 Å². The van der Waals surface area contributed by atoms with Crippen LogP contribution in [0.3, 0.4) is 0 Å². The van der Waals surface area contributed by atoms with Crippen LogP contribution in [0.4, 0.5) is 0 Å². The van der Waals surface area contributed by atoms with Crippen LogP contribution in [0.15, 0.2) is 0 Å². The van der Waals surface area contributed by atoms with Crippen LogP contribution in [0.2, 0.25) is 0 Å². The van der Waals surface area contributed by atoms with Crippen molar-refractivity contribution in [1.82, 2.24) is 10.6 Å². The summed E-state index contributed by atoms with van der Waals surface area (Å²) in [6, 6.07) is 0. The Morgan fingerprint density at radius 2 is 2.13 bits per heavy atom. The molecule has 1 rings (SSSR count). The fourth-order valence-corrected chi connectivity index (χ4v) is 2.27. The Morgan fingerprint density at radius 1 is 1.47 bits per heavy atom. The highest BCUT2D eigenvalue weighted by Crippen LogP contribution is 2.18. The Hall–Kier alpha value is -0.570. The molecule has 15 heavy (non-hydrogen) atoms. The van der Waals surface area contributed by atoms with Crippen molar-refractivity contribution in [3.8, 4) is 0 Å². The summed E-state index contributed by atoms with van der Waals surface area (Å²) in [7, 11) is 0. The van der Waals surface area contributed by atoms with Gasteiger partial charge in [-0.1, -0.05) is 20.3 Å². The minimum absolute atomic E-state index is 0.0614. The summed E-state index contributed by atoms with van der Waals surface area (Å²) < 4.78 is 0. The zero-order valence-corrected chi connectivity index (χ0v) is 10.4. The van der Waals surface area contributed by atoms with Crippen molar-refractivity contribution >= 4 is 5.91 Å². The highest BCUT2D eigenvalue weighted by molar-refractivity contribution is 5.80. The summed E-state index contributed by atoms with van der Waals surface area (Å²) in [5, 5.41) is 6.41. The summed E-state index contributed by atoms with van der Waals surface area (Å²) in [4.78, 5) is 12.0. The molecule has 88 valence electrons. The van der Waals surface area contributed by atoms with E-state index in [1.54, 1.807) is 0 Å². The first-order valence-corrected chi connectivity index (χ1v) is 5.99. The molecular formula is C12H24N2O. The van der Waals surface area contributed by atoms with Gasteiger partial charge in [-0.25, -0.2) is 0 Å². The van der Waals surface area contributed by atoms with Gasteiger partial charge in [-0.3, -0.25) is 4.79 Å². The molecule has 3 nitrogen and oxygen atoms in total. The lowest BCUT2D eigenvalue weighted by Crippen LogP contribution is -2.47. The lowest BCUT2D eigenvalue weighted by molar-refractivity contribution is -0.127. The van der Waals surface area contributed by atoms with Crippen LogP contribution in [0, 0.1) is 11.8 Å². The first-order valence-electron chi connectivity index (χ1n) is 5.99. The Labute approximate surface area is 93.0 Å². The third-order valence-electron chi connectivity index (χ3n) is 3.19. The van der Waals surface area contributed by atoms with E-state index in [2.05, 4.69) is 38.3 Å². The van der Waals surface area contributed by atoms with Crippen LogP contribution in [0.25, 0.3) is 0 Å². The fraction of sp³-hybridized carbons (Fsp3) is 0.917. The van der Waals surface area contributed by atoms with E-state index in [0.29, 0.717) is 5.92 Å². The molecule has 2 N–H and O–H groups in total. The van der Waals surface area contributed by atoms with Gasteiger partial charge in [-0.15, -0.1) is 0 Å². The number of hydrogen-bond donors (Lipinski definition) is 2. The van der Waals surface area contributed by atoms with Crippen LogP contribution < -0.4 is 10.6 Å². The van der Waals surface area contributed by atoms with Crippen LogP contribution in [-0.2, 0) is 4.79 Å². The molecule has 0 bridgehead atoms. The van der Waals surface area contributed by atoms with Crippen molar-refractivity contribution in [2.75, 3.05) is 13.1 Å². The molecule has 1 saturated heterocycles. The van der Waals surface area contributed by atoms with Gasteiger partial charge in [0.1, 0.15) is 0 Å². The predicted molar refractivity (Wildman–Crippen MR) is 62.7 cm³/mol. The fourth-order valence-electron chi connectivity index (χ4n) is 2.27. The number of amides is 1. The molecule has 0 aromatic heterocycles. The molecule has 0 aromatic rings. The third-order valence-corrected chi connectivity index (χ3v) is 3.19. The summed E-state index contributed by atoms with van der Waals surface area (Å²) in [5.41, 5.74) is -0.0614. The second-order valence-electron chi connectivity index (χ2n) is 5.37. The number of hydrogen-bond acceptors (Lipinski definition) is 2. The van der Waals surface area contributed by atoms with E-state index in [9.17, 15) is 4.79 Å². The SMILES string of the molecule is CCCC(C)(C)NC(=O)C1CNCC1C. The van der Waals surface area contributed by atoms with Crippen LogP contribution >= 0.6 is 0 Å². The molecule has 1 amide bonds. The molecule has 0 radical (unpaired) electrons. The van der Waals surface area contributed by atoms with E-state index in [4.69, 9.17) is 0 Å². The highest BCUT2D eigenvalue weighted by Gasteiger charge is 2.32. The van der Waals surface area contributed by atoms with Gasteiger partial charge in [0.15, 0.2) is 0 Å². The van der Waals surface area contributed by atoms with Crippen molar-refractivity contribution in [3.63, 3.8) is 0 Å². The average molecular weight is 212 g/mol. The summed E-state index contributed by atoms with van der Waals surface area (Å²) >= 11 is 0. The summed E-state index contributed by atoms with van der Waals surface area (Å²) in [6.07, 6.45) is 2.14. The standard InChI is InChI=1S/C12H24N2O/c1-5-6-12(3,4)14-11(15)10-8-13-7-9(10)2/h9-10,13H,5-8H2,1-4H3,(H,14,15). The molecule has 1 aliphatic heterocycles. The van der Waals surface area contributed by atoms with Crippen molar-refractivity contribution < 1.29 is 4.79 Å². The van der Waals surface area contributed by atoms with Crippen LogP contribution in [-0.4, -0.2) is 24.5 Å². The zero-order chi connectivity index (χ0) is 11.5. The predicted octanol–water partition coefficient (Wildman–Crippen LogP) is 1.54. The molecule has 1 aliphatic rings. The first-order chi connectivity index (χ1) is 6.96. The molecule has 1 heterocycles. The third kappa shape index (κ3) is 3.49. The molecule has 2 atom stereocenters. The second-order valence-corrected chi connectivity index (χ2v) is 5.37. The van der Waals surface area contributed by atoms with E-state index in [1.165, 1.54) is 0 Å². The second kappa shape index (κ2) is 4.97. The van der Waals surface area contributed by atoms with Crippen molar-refractivity contribution in [1.29, 1.82) is 0 Å². The molecule has 2 unspecified atom stereocenters. The smallest absolute Gasteiger partial charge is 0.225 e. The topological polar surface area (TPSA) is 41.1 Å². The van der Waals surface area contributed by atoms with Gasteiger partial charge in [0.2, 0.25) is 5.91 Å². The lowest BCUT2D eigenvalue weighted by atomic mass is 9.93. The molecule has 0 spiro atoms. The molecule has 3 heteroatoms. The molecule has 1 fully saturated rings. The molecule has 0 saturated carbocycles. The van der Waals surface area contributed by atoms with Gasteiger partial charge in [0.25, 0.3) is 0 Å². The number of rotatable bonds is 4. The van der Waals surface area contributed by atoms with Gasteiger partial charge < -0.3 is 10.6 Å². The molecular weight excluding hydrogens is 188 g/mol. The van der Waals surface area contributed by atoms with Crippen LogP contribution in [0.1, 0.15) is 40.5 Å². The number of carbonyl (C=O) groups is 1. The number of nitrogens with one attached hydrogen (secondary N) is 2. The quantitative estimate of drug-likeness (QED) is 0.742. The molecule has 0 aromatic carbocycles. The maximum Gasteiger partial charge on any atom is 0.225 e. The summed E-state index contributed by atoms with van der Waals surface area (Å²) in [6.45, 7) is 10.3. The van der Waals surface area contributed by atoms with Gasteiger partial charge in [-0.2, -0.15) is 0 Å². The number of carbonyl (C=O) groups excluding carboxylic acids is 1.